The van der Waals surface area contributed by atoms with E-state index in [1.54, 1.807) is 6.92 Å². The van der Waals surface area contributed by atoms with Gasteiger partial charge < -0.3 is 9.47 Å². The number of benzene rings is 1. The van der Waals surface area contributed by atoms with Gasteiger partial charge in [-0.25, -0.2) is 9.59 Å². The van der Waals surface area contributed by atoms with Gasteiger partial charge in [0.05, 0.1) is 28.1 Å². The van der Waals surface area contributed by atoms with E-state index in [9.17, 15) is 29.8 Å². The van der Waals surface area contributed by atoms with E-state index >= 15 is 0 Å². The van der Waals surface area contributed by atoms with Gasteiger partial charge in [0, 0.05) is 12.1 Å². The number of rotatable bonds is 6. The van der Waals surface area contributed by atoms with E-state index < -0.39 is 44.8 Å². The van der Waals surface area contributed by atoms with Crippen molar-refractivity contribution in [3.05, 3.63) is 44.0 Å². The lowest BCUT2D eigenvalue weighted by Crippen LogP contribution is -2.26. The summed E-state index contributed by atoms with van der Waals surface area (Å²) in [6, 6.07) is 2.37. The highest BCUT2D eigenvalue weighted by Crippen LogP contribution is 2.23. The molecule has 1 rings (SSSR count). The van der Waals surface area contributed by atoms with E-state index in [4.69, 9.17) is 4.74 Å². The van der Waals surface area contributed by atoms with Crippen molar-refractivity contribution < 1.29 is 28.9 Å². The molecule has 0 aromatic heterocycles. The fraction of sp³-hybridized carbons (Fsp3) is 0.333. The SMILES string of the molecule is CCOC(=O)[C@@H](C)OC(=O)c1cc([N+](=O)[O-])cc([N+](=O)[O-])c1. The minimum absolute atomic E-state index is 0.0863. The van der Waals surface area contributed by atoms with Gasteiger partial charge in [-0.3, -0.25) is 20.2 Å². The molecule has 0 amide bonds. The number of ether oxygens (including phenoxy) is 2. The van der Waals surface area contributed by atoms with E-state index in [-0.39, 0.29) is 6.61 Å². The van der Waals surface area contributed by atoms with E-state index in [0.29, 0.717) is 6.07 Å². The van der Waals surface area contributed by atoms with Crippen molar-refractivity contribution in [2.75, 3.05) is 6.61 Å². The van der Waals surface area contributed by atoms with Gasteiger partial charge in [0.2, 0.25) is 0 Å². The van der Waals surface area contributed by atoms with Crippen molar-refractivity contribution in [2.45, 2.75) is 20.0 Å². The molecule has 0 unspecified atom stereocenters. The lowest BCUT2D eigenvalue weighted by molar-refractivity contribution is -0.394. The van der Waals surface area contributed by atoms with Crippen LogP contribution in [0.3, 0.4) is 0 Å². The molecule has 0 N–H and O–H groups in total. The molecule has 1 atom stereocenters. The third-order valence-corrected chi connectivity index (χ3v) is 2.46. The summed E-state index contributed by atoms with van der Waals surface area (Å²) in [5, 5.41) is 21.4. The second kappa shape index (κ2) is 7.11. The van der Waals surface area contributed by atoms with Gasteiger partial charge in [-0.05, 0) is 13.8 Å². The van der Waals surface area contributed by atoms with Gasteiger partial charge in [-0.15, -0.1) is 0 Å². The van der Waals surface area contributed by atoms with Crippen LogP contribution in [0.2, 0.25) is 0 Å². The monoisotopic (exact) mass is 312 g/mol. The Bertz CT molecular complexity index is 595. The molecule has 0 bridgehead atoms. The van der Waals surface area contributed by atoms with Gasteiger partial charge >= 0.3 is 11.9 Å². The molecule has 118 valence electrons. The number of carbonyl (C=O) groups is 2. The zero-order valence-electron chi connectivity index (χ0n) is 11.7. The quantitative estimate of drug-likeness (QED) is 0.438. The molecule has 22 heavy (non-hydrogen) atoms. The van der Waals surface area contributed by atoms with E-state index in [1.807, 2.05) is 0 Å². The number of carbonyl (C=O) groups excluding carboxylic acids is 2. The molecule has 10 nitrogen and oxygen atoms in total. The van der Waals surface area contributed by atoms with Crippen LogP contribution in [0.5, 0.6) is 0 Å². The van der Waals surface area contributed by atoms with Crippen LogP contribution in [-0.4, -0.2) is 34.5 Å². The van der Waals surface area contributed by atoms with Crippen LogP contribution < -0.4 is 0 Å². The Hall–Kier alpha value is -3.04. The predicted molar refractivity (Wildman–Crippen MR) is 71.3 cm³/mol. The van der Waals surface area contributed by atoms with Gasteiger partial charge in [-0.1, -0.05) is 0 Å². The summed E-state index contributed by atoms with van der Waals surface area (Å²) in [5.41, 5.74) is -1.67. The van der Waals surface area contributed by atoms with Crippen molar-refractivity contribution in [3.63, 3.8) is 0 Å². The summed E-state index contributed by atoms with van der Waals surface area (Å²) in [6.07, 6.45) is -1.24. The number of esters is 2. The first kappa shape index (κ1) is 17.0. The van der Waals surface area contributed by atoms with Crippen molar-refractivity contribution in [3.8, 4) is 0 Å². The number of nitro benzene ring substituents is 2. The number of non-ortho nitro benzene ring substituents is 2. The van der Waals surface area contributed by atoms with Crippen molar-refractivity contribution in [2.24, 2.45) is 0 Å². The summed E-state index contributed by atoms with van der Waals surface area (Å²) < 4.78 is 9.39. The molecule has 0 aliphatic heterocycles. The number of hydrogen-bond donors (Lipinski definition) is 0. The molecule has 0 fully saturated rings. The number of hydrogen-bond acceptors (Lipinski definition) is 8. The highest BCUT2D eigenvalue weighted by atomic mass is 16.6. The highest BCUT2D eigenvalue weighted by molar-refractivity contribution is 5.92. The second-order valence-corrected chi connectivity index (χ2v) is 4.05. The Labute approximate surface area is 123 Å². The van der Waals surface area contributed by atoms with Crippen LogP contribution in [0, 0.1) is 20.2 Å². The van der Waals surface area contributed by atoms with Crippen LogP contribution >= 0.6 is 0 Å². The smallest absolute Gasteiger partial charge is 0.347 e. The van der Waals surface area contributed by atoms with Gasteiger partial charge in [0.1, 0.15) is 0 Å². The van der Waals surface area contributed by atoms with Gasteiger partial charge in [0.15, 0.2) is 6.10 Å². The number of nitro groups is 2. The average molecular weight is 312 g/mol. The Balaban J connectivity index is 3.04. The zero-order chi connectivity index (χ0) is 16.9. The second-order valence-electron chi connectivity index (χ2n) is 4.05. The molecule has 1 aromatic rings. The fourth-order valence-electron chi connectivity index (χ4n) is 1.46. The summed E-state index contributed by atoms with van der Waals surface area (Å²) in [4.78, 5) is 42.9. The van der Waals surface area contributed by atoms with Crippen molar-refractivity contribution in [1.82, 2.24) is 0 Å². The minimum Gasteiger partial charge on any atom is -0.463 e. The molecule has 0 spiro atoms. The number of nitrogens with zero attached hydrogens (tertiary/aromatic N) is 2. The van der Waals surface area contributed by atoms with Crippen LogP contribution in [0.1, 0.15) is 24.2 Å². The molecule has 0 radical (unpaired) electrons. The summed E-state index contributed by atoms with van der Waals surface area (Å²) in [7, 11) is 0. The van der Waals surface area contributed by atoms with Crippen LogP contribution in [-0.2, 0) is 14.3 Å². The molecule has 10 heteroatoms. The standard InChI is InChI=1S/C12H12N2O8/c1-3-21-11(15)7(2)22-12(16)8-4-9(13(17)18)6-10(5-8)14(19)20/h4-7H,3H2,1-2H3/t7-/m1/s1. The third kappa shape index (κ3) is 4.23. The first-order chi connectivity index (χ1) is 10.3. The van der Waals surface area contributed by atoms with Crippen LogP contribution in [0.25, 0.3) is 0 Å². The summed E-state index contributed by atoms with van der Waals surface area (Å²) in [5.74, 6) is -1.90. The summed E-state index contributed by atoms with van der Waals surface area (Å²) >= 11 is 0. The Kier molecular flexibility index (Phi) is 5.50. The Morgan fingerprint density at radius 2 is 1.64 bits per heavy atom. The zero-order valence-corrected chi connectivity index (χ0v) is 11.7. The normalized spacial score (nSPS) is 11.4. The third-order valence-electron chi connectivity index (χ3n) is 2.46. The molecule has 0 aliphatic carbocycles. The first-order valence-electron chi connectivity index (χ1n) is 6.07. The minimum atomic E-state index is -1.24. The maximum atomic E-state index is 11.8. The Morgan fingerprint density at radius 3 is 2.05 bits per heavy atom. The summed E-state index contributed by atoms with van der Waals surface area (Å²) in [6.45, 7) is 2.90. The predicted octanol–water partition coefficient (Wildman–Crippen LogP) is 1.61. The van der Waals surface area contributed by atoms with Gasteiger partial charge in [-0.2, -0.15) is 0 Å². The first-order valence-corrected chi connectivity index (χ1v) is 6.07. The van der Waals surface area contributed by atoms with E-state index in [1.165, 1.54) is 6.92 Å². The maximum Gasteiger partial charge on any atom is 0.347 e. The van der Waals surface area contributed by atoms with Crippen LogP contribution in [0.4, 0.5) is 11.4 Å². The maximum absolute atomic E-state index is 11.8. The molecule has 0 heterocycles. The molecule has 0 saturated carbocycles. The topological polar surface area (TPSA) is 139 Å². The molecular formula is C12H12N2O8. The van der Waals surface area contributed by atoms with Crippen molar-refractivity contribution in [1.29, 1.82) is 0 Å². The molecule has 1 aromatic carbocycles. The Morgan fingerprint density at radius 1 is 1.14 bits per heavy atom. The molecule has 0 saturated heterocycles. The van der Waals surface area contributed by atoms with Gasteiger partial charge in [0.25, 0.3) is 11.4 Å². The highest BCUT2D eigenvalue weighted by Gasteiger charge is 2.24. The van der Waals surface area contributed by atoms with E-state index in [0.717, 1.165) is 12.1 Å². The van der Waals surface area contributed by atoms with Crippen LogP contribution in [0.15, 0.2) is 18.2 Å². The fourth-order valence-corrected chi connectivity index (χ4v) is 1.46. The largest absolute Gasteiger partial charge is 0.463 e. The molecule has 0 aliphatic rings. The molecular weight excluding hydrogens is 300 g/mol. The van der Waals surface area contributed by atoms with Crippen molar-refractivity contribution >= 4 is 23.3 Å². The lowest BCUT2D eigenvalue weighted by atomic mass is 10.1. The average Bonchev–Trinajstić information content (AvgIpc) is 2.46. The van der Waals surface area contributed by atoms with E-state index in [2.05, 4.69) is 4.74 Å². The lowest BCUT2D eigenvalue weighted by Gasteiger charge is -2.11.